The Kier molecular flexibility index (Phi) is 3.72. The summed E-state index contributed by atoms with van der Waals surface area (Å²) >= 11 is 0. The van der Waals surface area contributed by atoms with Crippen LogP contribution < -0.4 is 4.57 Å². The van der Waals surface area contributed by atoms with E-state index in [2.05, 4.69) is 116 Å². The Morgan fingerprint density at radius 2 is 1.18 bits per heavy atom. The number of hydrogen-bond acceptors (Lipinski definition) is 1. The molecule has 33 heavy (non-hydrogen) atoms. The zero-order chi connectivity index (χ0) is 22.1. The SMILES string of the molecule is Cc1ccc2c(oc3cc4c5ccccc5c5ccccc5c4cc32)c1-c1cccc[n+]1C. The van der Waals surface area contributed by atoms with Crippen molar-refractivity contribution in [2.45, 2.75) is 6.92 Å². The van der Waals surface area contributed by atoms with Gasteiger partial charge in [-0.05, 0) is 63.0 Å². The van der Waals surface area contributed by atoms with E-state index in [1.54, 1.807) is 0 Å². The molecule has 7 aromatic rings. The average Bonchev–Trinajstić information content (AvgIpc) is 3.21. The van der Waals surface area contributed by atoms with Gasteiger partial charge in [-0.3, -0.25) is 0 Å². The topological polar surface area (TPSA) is 17.0 Å². The summed E-state index contributed by atoms with van der Waals surface area (Å²) in [6.07, 6.45) is 2.09. The van der Waals surface area contributed by atoms with E-state index in [0.717, 1.165) is 33.2 Å². The van der Waals surface area contributed by atoms with Gasteiger partial charge in [-0.2, -0.15) is 0 Å². The van der Waals surface area contributed by atoms with E-state index in [1.165, 1.54) is 37.9 Å². The first-order valence-corrected chi connectivity index (χ1v) is 11.3. The highest BCUT2D eigenvalue weighted by Gasteiger charge is 2.21. The van der Waals surface area contributed by atoms with Crippen molar-refractivity contribution >= 4 is 54.3 Å². The summed E-state index contributed by atoms with van der Waals surface area (Å²) < 4.78 is 8.79. The maximum Gasteiger partial charge on any atom is 0.216 e. The van der Waals surface area contributed by atoms with Crippen LogP contribution in [0.3, 0.4) is 0 Å². The van der Waals surface area contributed by atoms with E-state index in [-0.39, 0.29) is 0 Å². The predicted molar refractivity (Wildman–Crippen MR) is 138 cm³/mol. The van der Waals surface area contributed by atoms with Gasteiger partial charge in [0.1, 0.15) is 18.2 Å². The lowest BCUT2D eigenvalue weighted by Crippen LogP contribution is -2.30. The Hall–Kier alpha value is -4.17. The Balaban J connectivity index is 1.68. The van der Waals surface area contributed by atoms with Gasteiger partial charge in [-0.25, -0.2) is 4.57 Å². The second kappa shape index (κ2) is 6.66. The third kappa shape index (κ3) is 2.52. The molecule has 0 atom stereocenters. The minimum absolute atomic E-state index is 0.934. The summed E-state index contributed by atoms with van der Waals surface area (Å²) in [6, 6.07) is 32.7. The largest absolute Gasteiger partial charge is 0.455 e. The molecule has 7 rings (SSSR count). The Bertz CT molecular complexity index is 1890. The van der Waals surface area contributed by atoms with Crippen LogP contribution in [0, 0.1) is 6.92 Å². The summed E-state index contributed by atoms with van der Waals surface area (Å²) in [5.74, 6) is 0. The smallest absolute Gasteiger partial charge is 0.216 e. The van der Waals surface area contributed by atoms with Crippen molar-refractivity contribution in [3.63, 3.8) is 0 Å². The molecule has 0 N–H and O–H groups in total. The van der Waals surface area contributed by atoms with Crippen LogP contribution in [0.2, 0.25) is 0 Å². The molecule has 0 amide bonds. The molecule has 156 valence electrons. The van der Waals surface area contributed by atoms with E-state index >= 15 is 0 Å². The van der Waals surface area contributed by atoms with Crippen molar-refractivity contribution in [1.82, 2.24) is 0 Å². The number of nitrogens with zero attached hydrogens (tertiary/aromatic N) is 1. The molecule has 0 aliphatic heterocycles. The summed E-state index contributed by atoms with van der Waals surface area (Å²) in [4.78, 5) is 0. The van der Waals surface area contributed by atoms with E-state index in [1.807, 2.05) is 0 Å². The molecule has 0 unspecified atom stereocenters. The maximum absolute atomic E-state index is 6.63. The molecule has 0 aliphatic rings. The highest BCUT2D eigenvalue weighted by atomic mass is 16.3. The molecule has 0 fully saturated rings. The third-order valence-electron chi connectivity index (χ3n) is 7.02. The normalized spacial score (nSPS) is 11.9. The first-order valence-electron chi connectivity index (χ1n) is 11.3. The second-order valence-corrected chi connectivity index (χ2v) is 8.92. The number of fused-ring (bicyclic) bond motifs is 9. The number of pyridine rings is 1. The van der Waals surface area contributed by atoms with Gasteiger partial charge in [-0.1, -0.05) is 60.7 Å². The molecule has 0 aliphatic carbocycles. The molecule has 2 aromatic heterocycles. The summed E-state index contributed by atoms with van der Waals surface area (Å²) in [7, 11) is 2.09. The van der Waals surface area contributed by atoms with Gasteiger partial charge in [-0.15, -0.1) is 0 Å². The Labute approximate surface area is 191 Å². The molecule has 2 heteroatoms. The number of benzene rings is 5. The molecule has 0 spiro atoms. The molecule has 0 radical (unpaired) electrons. The fourth-order valence-corrected chi connectivity index (χ4v) is 5.44. The highest BCUT2D eigenvalue weighted by molar-refractivity contribution is 6.28. The number of hydrogen-bond donors (Lipinski definition) is 0. The van der Waals surface area contributed by atoms with Crippen molar-refractivity contribution in [3.8, 4) is 11.3 Å². The zero-order valence-corrected chi connectivity index (χ0v) is 18.6. The van der Waals surface area contributed by atoms with Crippen LogP contribution in [0.15, 0.2) is 102 Å². The minimum Gasteiger partial charge on any atom is -0.455 e. The lowest BCUT2D eigenvalue weighted by Gasteiger charge is -2.10. The van der Waals surface area contributed by atoms with Crippen LogP contribution in [0.5, 0.6) is 0 Å². The summed E-state index contributed by atoms with van der Waals surface area (Å²) in [6.45, 7) is 2.16. The average molecular weight is 425 g/mol. The van der Waals surface area contributed by atoms with Gasteiger partial charge < -0.3 is 4.42 Å². The predicted octanol–water partition coefficient (Wildman–Crippen LogP) is 7.85. The molecular formula is C31H22NO+. The summed E-state index contributed by atoms with van der Waals surface area (Å²) in [5.41, 5.74) is 5.41. The molecule has 2 heterocycles. The van der Waals surface area contributed by atoms with Crippen LogP contribution in [0.1, 0.15) is 5.56 Å². The maximum atomic E-state index is 6.63. The molecular weight excluding hydrogens is 402 g/mol. The van der Waals surface area contributed by atoms with Gasteiger partial charge in [0, 0.05) is 22.9 Å². The minimum atomic E-state index is 0.934. The Morgan fingerprint density at radius 1 is 0.576 bits per heavy atom. The van der Waals surface area contributed by atoms with E-state index in [4.69, 9.17) is 4.42 Å². The lowest BCUT2D eigenvalue weighted by molar-refractivity contribution is -0.660. The molecule has 0 saturated carbocycles. The lowest BCUT2D eigenvalue weighted by atomic mass is 9.93. The fourth-order valence-electron chi connectivity index (χ4n) is 5.44. The van der Waals surface area contributed by atoms with E-state index < -0.39 is 0 Å². The van der Waals surface area contributed by atoms with Crippen molar-refractivity contribution < 1.29 is 8.98 Å². The van der Waals surface area contributed by atoms with Crippen LogP contribution in [0.4, 0.5) is 0 Å². The van der Waals surface area contributed by atoms with Gasteiger partial charge in [0.2, 0.25) is 5.69 Å². The number of furan rings is 1. The number of aromatic nitrogens is 1. The van der Waals surface area contributed by atoms with Crippen molar-refractivity contribution in [2.24, 2.45) is 7.05 Å². The van der Waals surface area contributed by atoms with Crippen molar-refractivity contribution in [2.75, 3.05) is 0 Å². The van der Waals surface area contributed by atoms with Crippen LogP contribution in [-0.2, 0) is 7.05 Å². The molecule has 5 aromatic carbocycles. The van der Waals surface area contributed by atoms with E-state index in [0.29, 0.717) is 0 Å². The standard InChI is InChI=1S/C31H22NO/c1-19-14-15-24-27-17-25-22-11-5-3-9-20(22)21-10-4-6-12-23(21)26(25)18-29(27)33-31(24)30(19)28-13-7-8-16-32(28)2/h3-18H,1-2H3/q+1. The van der Waals surface area contributed by atoms with Crippen LogP contribution >= 0.6 is 0 Å². The first kappa shape index (κ1) is 18.4. The first-order chi connectivity index (χ1) is 16.2. The van der Waals surface area contributed by atoms with Gasteiger partial charge in [0.15, 0.2) is 6.20 Å². The summed E-state index contributed by atoms with van der Waals surface area (Å²) in [5, 5.41) is 9.95. The van der Waals surface area contributed by atoms with Crippen LogP contribution in [0.25, 0.3) is 65.5 Å². The zero-order valence-electron chi connectivity index (χ0n) is 18.6. The van der Waals surface area contributed by atoms with Crippen molar-refractivity contribution in [1.29, 1.82) is 0 Å². The molecule has 0 bridgehead atoms. The highest BCUT2D eigenvalue weighted by Crippen LogP contribution is 2.42. The van der Waals surface area contributed by atoms with Gasteiger partial charge >= 0.3 is 0 Å². The quantitative estimate of drug-likeness (QED) is 0.194. The fraction of sp³-hybridized carbons (Fsp3) is 0.0645. The van der Waals surface area contributed by atoms with Crippen molar-refractivity contribution in [3.05, 3.63) is 103 Å². The number of aryl methyl sites for hydroxylation is 2. The monoisotopic (exact) mass is 424 g/mol. The third-order valence-corrected chi connectivity index (χ3v) is 7.02. The molecule has 2 nitrogen and oxygen atoms in total. The van der Waals surface area contributed by atoms with Crippen LogP contribution in [-0.4, -0.2) is 0 Å². The second-order valence-electron chi connectivity index (χ2n) is 8.92. The van der Waals surface area contributed by atoms with Gasteiger partial charge in [0.05, 0.1) is 5.56 Å². The van der Waals surface area contributed by atoms with Gasteiger partial charge in [0.25, 0.3) is 0 Å². The van der Waals surface area contributed by atoms with E-state index in [9.17, 15) is 0 Å². The molecule has 0 saturated heterocycles. The number of rotatable bonds is 1. The Morgan fingerprint density at radius 3 is 1.85 bits per heavy atom.